The summed E-state index contributed by atoms with van der Waals surface area (Å²) in [5.74, 6) is 0. The first kappa shape index (κ1) is 12.8. The van der Waals surface area contributed by atoms with E-state index in [1.807, 2.05) is 0 Å². The van der Waals surface area contributed by atoms with Crippen LogP contribution in [0, 0.1) is 10.1 Å². The first-order chi connectivity index (χ1) is 7.22. The van der Waals surface area contributed by atoms with Crippen molar-refractivity contribution in [2.45, 2.75) is 11.0 Å². The molecule has 9 heteroatoms. The van der Waals surface area contributed by atoms with Crippen LogP contribution in [0.4, 0.5) is 0 Å². The lowest BCUT2D eigenvalue weighted by molar-refractivity contribution is -0.420. The maximum absolute atomic E-state index is 11.1. The summed E-state index contributed by atoms with van der Waals surface area (Å²) >= 11 is 0. The zero-order valence-corrected chi connectivity index (χ0v) is 9.05. The van der Waals surface area contributed by atoms with Crippen molar-refractivity contribution < 1.29 is 22.6 Å². The van der Waals surface area contributed by atoms with Gasteiger partial charge in [0.2, 0.25) is 0 Å². The molecule has 90 valence electrons. The van der Waals surface area contributed by atoms with Gasteiger partial charge in [0.1, 0.15) is 6.10 Å². The Morgan fingerprint density at radius 3 is 2.62 bits per heavy atom. The van der Waals surface area contributed by atoms with Gasteiger partial charge in [0.05, 0.1) is 4.92 Å². The summed E-state index contributed by atoms with van der Waals surface area (Å²) in [5, 5.41) is 10.5. The van der Waals surface area contributed by atoms with Crippen LogP contribution in [-0.4, -0.2) is 36.0 Å². The highest BCUT2D eigenvalue weighted by Crippen LogP contribution is 2.26. The molecule has 2 unspecified atom stereocenters. The van der Waals surface area contributed by atoms with E-state index in [-0.39, 0.29) is 5.70 Å². The van der Waals surface area contributed by atoms with Crippen LogP contribution in [0.2, 0.25) is 0 Å². The van der Waals surface area contributed by atoms with Gasteiger partial charge < -0.3 is 10.5 Å². The van der Waals surface area contributed by atoms with Crippen molar-refractivity contribution in [2.75, 3.05) is 7.11 Å². The van der Waals surface area contributed by atoms with Gasteiger partial charge in [-0.25, -0.2) is 0 Å². The first-order valence-corrected chi connectivity index (χ1v) is 5.50. The summed E-state index contributed by atoms with van der Waals surface area (Å²) in [6.45, 7) is 0. The standard InChI is InChI=1S/C7H10N2O6S/c1-15-6-4-5(9(10)11)2-3-7(6,8)16(12,13)14/h2-4,6H,8H2,1H3,(H,12,13,14). The van der Waals surface area contributed by atoms with Crippen LogP contribution < -0.4 is 5.73 Å². The summed E-state index contributed by atoms with van der Waals surface area (Å²) < 4.78 is 35.8. The Hall–Kier alpha value is -1.29. The number of methoxy groups -OCH3 is 1. The Labute approximate surface area is 91.3 Å². The lowest BCUT2D eigenvalue weighted by atomic mass is 10.0. The lowest BCUT2D eigenvalue weighted by Gasteiger charge is -2.30. The van der Waals surface area contributed by atoms with Crippen LogP contribution in [0.1, 0.15) is 0 Å². The van der Waals surface area contributed by atoms with E-state index in [2.05, 4.69) is 0 Å². The van der Waals surface area contributed by atoms with Crippen molar-refractivity contribution in [1.82, 2.24) is 0 Å². The molecule has 0 bridgehead atoms. The summed E-state index contributed by atoms with van der Waals surface area (Å²) in [4.78, 5) is 7.53. The lowest BCUT2D eigenvalue weighted by Crippen LogP contribution is -2.56. The quantitative estimate of drug-likeness (QED) is 0.383. The molecule has 0 aromatic carbocycles. The number of ether oxygens (including phenoxy) is 1. The fourth-order valence-corrected chi connectivity index (χ4v) is 1.96. The minimum Gasteiger partial charge on any atom is -0.374 e. The third kappa shape index (κ3) is 1.97. The SMILES string of the molecule is COC1C=C([N+](=O)[O-])C=CC1(N)S(=O)(=O)O. The van der Waals surface area contributed by atoms with Crippen molar-refractivity contribution in [2.24, 2.45) is 5.73 Å². The average molecular weight is 250 g/mol. The molecule has 1 rings (SSSR count). The number of rotatable bonds is 3. The second-order valence-corrected chi connectivity index (χ2v) is 4.82. The number of hydrogen-bond acceptors (Lipinski definition) is 6. The Bertz CT molecular complexity index is 467. The van der Waals surface area contributed by atoms with Gasteiger partial charge in [0, 0.05) is 19.3 Å². The van der Waals surface area contributed by atoms with E-state index in [1.54, 1.807) is 0 Å². The van der Waals surface area contributed by atoms with E-state index in [0.29, 0.717) is 0 Å². The maximum Gasteiger partial charge on any atom is 0.290 e. The van der Waals surface area contributed by atoms with Crippen molar-refractivity contribution >= 4 is 10.1 Å². The molecular formula is C7H10N2O6S. The largest absolute Gasteiger partial charge is 0.374 e. The van der Waals surface area contributed by atoms with Crippen molar-refractivity contribution in [1.29, 1.82) is 0 Å². The molecule has 0 saturated heterocycles. The molecule has 1 aliphatic rings. The highest BCUT2D eigenvalue weighted by Gasteiger charge is 2.47. The zero-order valence-electron chi connectivity index (χ0n) is 8.23. The first-order valence-electron chi connectivity index (χ1n) is 4.06. The van der Waals surface area contributed by atoms with Crippen LogP contribution >= 0.6 is 0 Å². The number of allylic oxidation sites excluding steroid dienone is 1. The Morgan fingerprint density at radius 1 is 1.69 bits per heavy atom. The molecule has 0 radical (unpaired) electrons. The van der Waals surface area contributed by atoms with E-state index >= 15 is 0 Å². The fourth-order valence-electron chi connectivity index (χ4n) is 1.26. The smallest absolute Gasteiger partial charge is 0.290 e. The van der Waals surface area contributed by atoms with E-state index in [0.717, 1.165) is 25.3 Å². The monoisotopic (exact) mass is 250 g/mol. The predicted molar refractivity (Wildman–Crippen MR) is 53.5 cm³/mol. The van der Waals surface area contributed by atoms with Crippen LogP contribution in [-0.2, 0) is 14.9 Å². The van der Waals surface area contributed by atoms with Gasteiger partial charge in [0.25, 0.3) is 15.8 Å². The third-order valence-corrected chi connectivity index (χ3v) is 3.45. The van der Waals surface area contributed by atoms with Gasteiger partial charge in [-0.15, -0.1) is 0 Å². The Balaban J connectivity index is 3.23. The van der Waals surface area contributed by atoms with E-state index in [1.165, 1.54) is 0 Å². The normalized spacial score (nSPS) is 29.9. The van der Waals surface area contributed by atoms with Crippen molar-refractivity contribution in [3.63, 3.8) is 0 Å². The molecule has 0 aromatic rings. The van der Waals surface area contributed by atoms with Gasteiger partial charge in [0.15, 0.2) is 4.87 Å². The topological polar surface area (TPSA) is 133 Å². The summed E-state index contributed by atoms with van der Waals surface area (Å²) in [6, 6.07) is 0. The third-order valence-electron chi connectivity index (χ3n) is 2.19. The van der Waals surface area contributed by atoms with Crippen molar-refractivity contribution in [3.8, 4) is 0 Å². The Kier molecular flexibility index (Phi) is 3.15. The van der Waals surface area contributed by atoms with Gasteiger partial charge in [-0.2, -0.15) is 8.42 Å². The van der Waals surface area contributed by atoms with E-state index in [9.17, 15) is 18.5 Å². The highest BCUT2D eigenvalue weighted by molar-refractivity contribution is 7.87. The van der Waals surface area contributed by atoms with Crippen LogP contribution in [0.25, 0.3) is 0 Å². The van der Waals surface area contributed by atoms with E-state index in [4.69, 9.17) is 15.0 Å². The van der Waals surface area contributed by atoms with Gasteiger partial charge in [-0.05, 0) is 6.08 Å². The molecule has 0 saturated carbocycles. The summed E-state index contributed by atoms with van der Waals surface area (Å²) in [6.07, 6.45) is 1.33. The van der Waals surface area contributed by atoms with Crippen molar-refractivity contribution in [3.05, 3.63) is 34.0 Å². The molecule has 1 aliphatic carbocycles. The molecule has 2 atom stereocenters. The zero-order chi connectivity index (χ0) is 12.6. The molecule has 3 N–H and O–H groups in total. The number of nitrogens with two attached hydrogens (primary N) is 1. The minimum atomic E-state index is -4.64. The predicted octanol–water partition coefficient (Wildman–Crippen LogP) is -0.725. The van der Waals surface area contributed by atoms with Crippen LogP contribution in [0.15, 0.2) is 23.9 Å². The number of nitro groups is 1. The van der Waals surface area contributed by atoms with Gasteiger partial charge in [-0.3, -0.25) is 14.7 Å². The second kappa shape index (κ2) is 3.94. The number of nitrogens with zero attached hydrogens (tertiary/aromatic N) is 1. The summed E-state index contributed by atoms with van der Waals surface area (Å²) in [5.41, 5.74) is 5.09. The molecule has 0 aromatic heterocycles. The molecule has 0 spiro atoms. The van der Waals surface area contributed by atoms with Gasteiger partial charge in [-0.1, -0.05) is 0 Å². The van der Waals surface area contributed by atoms with Crippen LogP contribution in [0.5, 0.6) is 0 Å². The molecule has 16 heavy (non-hydrogen) atoms. The average Bonchev–Trinajstić information content (AvgIpc) is 2.16. The van der Waals surface area contributed by atoms with Crippen LogP contribution in [0.3, 0.4) is 0 Å². The molecule has 0 aliphatic heterocycles. The van der Waals surface area contributed by atoms with Gasteiger partial charge >= 0.3 is 0 Å². The van der Waals surface area contributed by atoms with E-state index < -0.39 is 26.0 Å². The molecule has 0 amide bonds. The fraction of sp³-hybridized carbons (Fsp3) is 0.429. The minimum absolute atomic E-state index is 0.350. The molecule has 8 nitrogen and oxygen atoms in total. The maximum atomic E-state index is 11.1. The highest BCUT2D eigenvalue weighted by atomic mass is 32.2. The number of hydrogen-bond donors (Lipinski definition) is 2. The molecule has 0 fully saturated rings. The second-order valence-electron chi connectivity index (χ2n) is 3.17. The summed E-state index contributed by atoms with van der Waals surface area (Å²) in [7, 11) is -3.51. The molecule has 0 heterocycles. The Morgan fingerprint density at radius 2 is 2.25 bits per heavy atom. The molecular weight excluding hydrogens is 240 g/mol.